The fourth-order valence-electron chi connectivity index (χ4n) is 2.08. The zero-order valence-corrected chi connectivity index (χ0v) is 12.5. The number of methoxy groups -OCH3 is 1. The molecule has 0 spiro atoms. The van der Waals surface area contributed by atoms with Crippen LogP contribution in [0.2, 0.25) is 0 Å². The minimum Gasteiger partial charge on any atom is -0.494 e. The molecule has 1 N–H and O–H groups in total. The normalized spacial score (nSPS) is 12.7. The zero-order chi connectivity index (χ0) is 14.3. The molecule has 0 aliphatic rings. The lowest BCUT2D eigenvalue weighted by atomic mass is 9.98. The van der Waals surface area contributed by atoms with Crippen molar-refractivity contribution >= 4 is 0 Å². The third-order valence-electron chi connectivity index (χ3n) is 3.17. The van der Waals surface area contributed by atoms with Gasteiger partial charge in [-0.2, -0.15) is 0 Å². The molecule has 0 heterocycles. The second-order valence-corrected chi connectivity index (χ2v) is 5.66. The van der Waals surface area contributed by atoms with Crippen molar-refractivity contribution in [3.05, 3.63) is 29.6 Å². The first kappa shape index (κ1) is 16.0. The Hall–Kier alpha value is -1.09. The van der Waals surface area contributed by atoms with Gasteiger partial charge >= 0.3 is 0 Å². The minimum absolute atomic E-state index is 0.273. The van der Waals surface area contributed by atoms with Gasteiger partial charge in [0, 0.05) is 0 Å². The Kier molecular flexibility index (Phi) is 6.85. The summed E-state index contributed by atoms with van der Waals surface area (Å²) < 4.78 is 18.5. The molecule has 0 saturated heterocycles. The molecular formula is C16H26FNO. The quantitative estimate of drug-likeness (QED) is 0.726. The highest BCUT2D eigenvalue weighted by Crippen LogP contribution is 2.20. The molecule has 0 saturated carbocycles. The first-order valence-electron chi connectivity index (χ1n) is 7.06. The van der Waals surface area contributed by atoms with Crippen LogP contribution in [0.15, 0.2) is 18.2 Å². The average molecular weight is 267 g/mol. The molecule has 19 heavy (non-hydrogen) atoms. The number of halogens is 1. The van der Waals surface area contributed by atoms with E-state index in [0.29, 0.717) is 17.6 Å². The Morgan fingerprint density at radius 3 is 2.58 bits per heavy atom. The standard InChI is InChI=1S/C16H26FNO/c1-12(2)11-18-8-7-13(3)9-14-5-6-16(19-4)15(17)10-14/h5-6,10,12-13,18H,7-9,11H2,1-4H3. The van der Waals surface area contributed by atoms with E-state index in [1.165, 1.54) is 7.11 Å². The summed E-state index contributed by atoms with van der Waals surface area (Å²) in [5, 5.41) is 3.44. The first-order valence-corrected chi connectivity index (χ1v) is 7.06. The van der Waals surface area contributed by atoms with Gasteiger partial charge < -0.3 is 10.1 Å². The topological polar surface area (TPSA) is 21.3 Å². The summed E-state index contributed by atoms with van der Waals surface area (Å²) in [6.45, 7) is 8.70. The van der Waals surface area contributed by atoms with Crippen LogP contribution >= 0.6 is 0 Å². The molecule has 0 bridgehead atoms. The second-order valence-electron chi connectivity index (χ2n) is 5.66. The van der Waals surface area contributed by atoms with Gasteiger partial charge in [-0.25, -0.2) is 4.39 Å². The molecule has 3 heteroatoms. The summed E-state index contributed by atoms with van der Waals surface area (Å²) >= 11 is 0. The maximum atomic E-state index is 13.6. The number of hydrogen-bond acceptors (Lipinski definition) is 2. The predicted molar refractivity (Wildman–Crippen MR) is 78.1 cm³/mol. The van der Waals surface area contributed by atoms with Gasteiger partial charge in [0.25, 0.3) is 0 Å². The van der Waals surface area contributed by atoms with E-state index < -0.39 is 0 Å². The zero-order valence-electron chi connectivity index (χ0n) is 12.5. The van der Waals surface area contributed by atoms with E-state index in [1.54, 1.807) is 12.1 Å². The van der Waals surface area contributed by atoms with Crippen LogP contribution in [-0.4, -0.2) is 20.2 Å². The molecule has 0 aliphatic carbocycles. The monoisotopic (exact) mass is 267 g/mol. The smallest absolute Gasteiger partial charge is 0.165 e. The van der Waals surface area contributed by atoms with Crippen LogP contribution in [0.4, 0.5) is 4.39 Å². The Balaban J connectivity index is 2.35. The molecule has 1 atom stereocenters. The van der Waals surface area contributed by atoms with Gasteiger partial charge in [0.2, 0.25) is 0 Å². The molecule has 1 unspecified atom stereocenters. The van der Waals surface area contributed by atoms with E-state index in [9.17, 15) is 4.39 Å². The fourth-order valence-corrected chi connectivity index (χ4v) is 2.08. The first-order chi connectivity index (χ1) is 9.02. The molecule has 0 fully saturated rings. The lowest BCUT2D eigenvalue weighted by Crippen LogP contribution is -2.22. The van der Waals surface area contributed by atoms with Gasteiger partial charge in [-0.05, 0) is 55.5 Å². The van der Waals surface area contributed by atoms with Crippen molar-refractivity contribution in [1.29, 1.82) is 0 Å². The van der Waals surface area contributed by atoms with Crippen LogP contribution in [0, 0.1) is 17.7 Å². The molecule has 108 valence electrons. The van der Waals surface area contributed by atoms with Gasteiger partial charge in [-0.15, -0.1) is 0 Å². The van der Waals surface area contributed by atoms with Crippen molar-refractivity contribution in [2.45, 2.75) is 33.6 Å². The summed E-state index contributed by atoms with van der Waals surface area (Å²) in [5.41, 5.74) is 1.04. The highest BCUT2D eigenvalue weighted by Gasteiger charge is 2.07. The van der Waals surface area contributed by atoms with Crippen molar-refractivity contribution < 1.29 is 9.13 Å². The Bertz CT molecular complexity index is 379. The molecule has 2 nitrogen and oxygen atoms in total. The molecule has 0 amide bonds. The predicted octanol–water partition coefficient (Wildman–Crippen LogP) is 3.65. The molecular weight excluding hydrogens is 241 g/mol. The van der Waals surface area contributed by atoms with Crippen LogP contribution in [0.1, 0.15) is 32.8 Å². The van der Waals surface area contributed by atoms with Gasteiger partial charge in [0.1, 0.15) is 0 Å². The van der Waals surface area contributed by atoms with E-state index in [1.807, 2.05) is 6.07 Å². The van der Waals surface area contributed by atoms with E-state index in [2.05, 4.69) is 26.1 Å². The Labute approximate surface area is 116 Å². The molecule has 0 aliphatic heterocycles. The van der Waals surface area contributed by atoms with Gasteiger partial charge in [0.05, 0.1) is 7.11 Å². The van der Waals surface area contributed by atoms with Crippen LogP contribution in [0.3, 0.4) is 0 Å². The Morgan fingerprint density at radius 1 is 1.26 bits per heavy atom. The van der Waals surface area contributed by atoms with Crippen LogP contribution in [0.5, 0.6) is 5.75 Å². The van der Waals surface area contributed by atoms with Crippen molar-refractivity contribution in [3.63, 3.8) is 0 Å². The third-order valence-corrected chi connectivity index (χ3v) is 3.17. The van der Waals surface area contributed by atoms with Gasteiger partial charge in [-0.3, -0.25) is 0 Å². The van der Waals surface area contributed by atoms with Crippen molar-refractivity contribution in [3.8, 4) is 5.75 Å². The number of ether oxygens (including phenoxy) is 1. The van der Waals surface area contributed by atoms with Crippen molar-refractivity contribution in [2.24, 2.45) is 11.8 Å². The highest BCUT2D eigenvalue weighted by molar-refractivity contribution is 5.29. The van der Waals surface area contributed by atoms with E-state index >= 15 is 0 Å². The maximum Gasteiger partial charge on any atom is 0.165 e. The molecule has 1 rings (SSSR count). The third kappa shape index (κ3) is 6.06. The summed E-state index contributed by atoms with van der Waals surface area (Å²) in [7, 11) is 1.49. The lowest BCUT2D eigenvalue weighted by Gasteiger charge is -2.13. The number of rotatable bonds is 8. The van der Waals surface area contributed by atoms with E-state index in [-0.39, 0.29) is 5.82 Å². The number of hydrogen-bond donors (Lipinski definition) is 1. The van der Waals surface area contributed by atoms with E-state index in [4.69, 9.17) is 4.74 Å². The summed E-state index contributed by atoms with van der Waals surface area (Å²) in [6.07, 6.45) is 2.02. The molecule has 1 aromatic rings. The molecule has 0 aromatic heterocycles. The highest BCUT2D eigenvalue weighted by atomic mass is 19.1. The second kappa shape index (κ2) is 8.16. The van der Waals surface area contributed by atoms with Crippen molar-refractivity contribution in [1.82, 2.24) is 5.32 Å². The SMILES string of the molecule is COc1ccc(CC(C)CCNCC(C)C)cc1F. The lowest BCUT2D eigenvalue weighted by molar-refractivity contribution is 0.385. The van der Waals surface area contributed by atoms with Crippen LogP contribution in [0.25, 0.3) is 0 Å². The average Bonchev–Trinajstić information content (AvgIpc) is 2.35. The fraction of sp³-hybridized carbons (Fsp3) is 0.625. The minimum atomic E-state index is -0.273. The van der Waals surface area contributed by atoms with Gasteiger partial charge in [0.15, 0.2) is 11.6 Å². The molecule has 1 aromatic carbocycles. The number of benzene rings is 1. The van der Waals surface area contributed by atoms with Crippen LogP contribution in [-0.2, 0) is 6.42 Å². The summed E-state index contributed by atoms with van der Waals surface area (Å²) in [5.74, 6) is 1.28. The van der Waals surface area contributed by atoms with E-state index in [0.717, 1.165) is 31.5 Å². The Morgan fingerprint density at radius 2 is 2.00 bits per heavy atom. The van der Waals surface area contributed by atoms with Crippen LogP contribution < -0.4 is 10.1 Å². The summed E-state index contributed by atoms with van der Waals surface area (Å²) in [6, 6.07) is 5.23. The number of nitrogens with one attached hydrogen (secondary N) is 1. The van der Waals surface area contributed by atoms with Gasteiger partial charge in [-0.1, -0.05) is 26.8 Å². The summed E-state index contributed by atoms with van der Waals surface area (Å²) in [4.78, 5) is 0. The molecule has 0 radical (unpaired) electrons. The van der Waals surface area contributed by atoms with Crippen molar-refractivity contribution in [2.75, 3.05) is 20.2 Å². The maximum absolute atomic E-state index is 13.6. The largest absolute Gasteiger partial charge is 0.494 e.